The number of hydrogen-bond donors (Lipinski definition) is 0. The van der Waals surface area contributed by atoms with Gasteiger partial charge in [-0.3, -0.25) is 9.59 Å². The molecule has 0 atom stereocenters. The van der Waals surface area contributed by atoms with Crippen LogP contribution in [0.2, 0.25) is 0 Å². The van der Waals surface area contributed by atoms with Gasteiger partial charge >= 0.3 is 12.1 Å². The van der Waals surface area contributed by atoms with Crippen LogP contribution in [-0.4, -0.2) is 42.5 Å². The van der Waals surface area contributed by atoms with Crippen LogP contribution in [0.5, 0.6) is 11.5 Å². The molecule has 180 valence electrons. The number of unbranched alkanes of at least 4 members (excludes halogenated alkanes) is 2. The fourth-order valence-electron chi connectivity index (χ4n) is 4.06. The molecule has 1 heterocycles. The van der Waals surface area contributed by atoms with Crippen molar-refractivity contribution in [2.75, 3.05) is 19.8 Å². The number of ether oxygens (including phenoxy) is 2. The number of fused-ring (bicyclic) bond motifs is 2. The molecule has 5 nitrogen and oxygen atoms in total. The molecule has 0 bridgehead atoms. The second-order valence-electron chi connectivity index (χ2n) is 8.44. The van der Waals surface area contributed by atoms with Crippen LogP contribution in [0.15, 0.2) is 36.4 Å². The summed E-state index contributed by atoms with van der Waals surface area (Å²) in [5.41, 5.74) is 0.451. The van der Waals surface area contributed by atoms with Gasteiger partial charge in [-0.05, 0) is 54.7 Å². The highest BCUT2D eigenvalue weighted by molar-refractivity contribution is 6.00. The predicted molar refractivity (Wildman–Crippen MR) is 118 cm³/mol. The van der Waals surface area contributed by atoms with Gasteiger partial charge in [0.25, 0.3) is 0 Å². The largest absolute Gasteiger partial charge is 0.490 e. The Labute approximate surface area is 192 Å². The summed E-state index contributed by atoms with van der Waals surface area (Å²) in [4.78, 5) is 24.7. The average Bonchev–Trinajstić information content (AvgIpc) is 2.92. The van der Waals surface area contributed by atoms with Crippen LogP contribution >= 0.6 is 0 Å². The first-order valence-corrected chi connectivity index (χ1v) is 11.4. The number of amides is 1. The molecule has 0 saturated carbocycles. The molecule has 3 rings (SSSR count). The first kappa shape index (κ1) is 24.9. The predicted octanol–water partition coefficient (Wildman–Crippen LogP) is 5.27. The minimum Gasteiger partial charge on any atom is -0.490 e. The fraction of sp³-hybridized carbons (Fsp3) is 0.520. The van der Waals surface area contributed by atoms with Crippen molar-refractivity contribution in [1.82, 2.24) is 4.90 Å². The Balaban J connectivity index is 2.09. The maximum absolute atomic E-state index is 13.2. The summed E-state index contributed by atoms with van der Waals surface area (Å²) in [5.74, 6) is -1.09. The lowest BCUT2D eigenvalue weighted by atomic mass is 9.73. The van der Waals surface area contributed by atoms with Gasteiger partial charge in [0.15, 0.2) is 17.3 Å². The molecule has 1 amide bonds. The number of allylic oxidation sites excluding steroid dienone is 4. The number of carbonyl (C=O) groups is 2. The topological polar surface area (TPSA) is 55.8 Å². The summed E-state index contributed by atoms with van der Waals surface area (Å²) < 4.78 is 51.7. The first-order valence-electron chi connectivity index (χ1n) is 11.4. The Bertz CT molecular complexity index is 920. The number of benzene rings is 1. The van der Waals surface area contributed by atoms with E-state index in [1.54, 1.807) is 24.3 Å². The molecule has 0 unspecified atom stereocenters. The Morgan fingerprint density at radius 1 is 1.03 bits per heavy atom. The van der Waals surface area contributed by atoms with Gasteiger partial charge in [-0.15, -0.1) is 0 Å². The van der Waals surface area contributed by atoms with Crippen LogP contribution in [0.25, 0.3) is 0 Å². The molecular formula is C25H30F3NO4. The Hall–Kier alpha value is -2.77. The monoisotopic (exact) mass is 465 g/mol. The molecule has 0 N–H and O–H groups in total. The van der Waals surface area contributed by atoms with E-state index < -0.39 is 17.5 Å². The van der Waals surface area contributed by atoms with Gasteiger partial charge in [-0.1, -0.05) is 38.8 Å². The van der Waals surface area contributed by atoms with Crippen molar-refractivity contribution < 1.29 is 32.2 Å². The van der Waals surface area contributed by atoms with Crippen LogP contribution in [-0.2, 0) is 21.5 Å². The van der Waals surface area contributed by atoms with Crippen molar-refractivity contribution in [3.8, 4) is 11.5 Å². The van der Waals surface area contributed by atoms with Gasteiger partial charge < -0.3 is 14.4 Å². The van der Waals surface area contributed by atoms with E-state index >= 15 is 0 Å². The normalized spacial score (nSPS) is 17.1. The lowest BCUT2D eigenvalue weighted by Gasteiger charge is -2.30. The Kier molecular flexibility index (Phi) is 7.87. The summed E-state index contributed by atoms with van der Waals surface area (Å²) in [6, 6.07) is 3.49. The third-order valence-electron chi connectivity index (χ3n) is 5.96. The standard InChI is InChI=1S/C25H30F3NO4/c1-3-5-13-32-21-15-18-17-29(23(31)25(26,27)28)12-11-24(9-7-19(30)8-10-24)20(18)16-22(21)33-14-6-4-2/h7-10,15-16H,3-6,11-14,17H2,1-2H3. The van der Waals surface area contributed by atoms with Gasteiger partial charge in [0.1, 0.15) is 0 Å². The van der Waals surface area contributed by atoms with Crippen LogP contribution in [0.3, 0.4) is 0 Å². The lowest BCUT2D eigenvalue weighted by Crippen LogP contribution is -2.41. The van der Waals surface area contributed by atoms with Gasteiger partial charge in [0.05, 0.1) is 13.2 Å². The Morgan fingerprint density at radius 2 is 1.61 bits per heavy atom. The average molecular weight is 466 g/mol. The molecule has 1 spiro atoms. The summed E-state index contributed by atoms with van der Waals surface area (Å²) in [5, 5.41) is 0. The van der Waals surface area contributed by atoms with Crippen LogP contribution < -0.4 is 9.47 Å². The molecule has 1 aromatic rings. The fourth-order valence-corrected chi connectivity index (χ4v) is 4.06. The third kappa shape index (κ3) is 5.78. The second-order valence-corrected chi connectivity index (χ2v) is 8.44. The van der Waals surface area contributed by atoms with E-state index in [1.807, 2.05) is 6.92 Å². The number of halogens is 3. The zero-order chi connectivity index (χ0) is 24.1. The minimum atomic E-state index is -4.96. The Morgan fingerprint density at radius 3 is 2.15 bits per heavy atom. The molecular weight excluding hydrogens is 435 g/mol. The van der Waals surface area contributed by atoms with Crippen molar-refractivity contribution in [1.29, 1.82) is 0 Å². The smallest absolute Gasteiger partial charge is 0.471 e. The summed E-state index contributed by atoms with van der Waals surface area (Å²) >= 11 is 0. The molecule has 8 heteroatoms. The van der Waals surface area contributed by atoms with Crippen molar-refractivity contribution >= 4 is 11.7 Å². The van der Waals surface area contributed by atoms with E-state index in [2.05, 4.69) is 6.92 Å². The number of alkyl halides is 3. The SMILES string of the molecule is CCCCOc1cc2c(cc1OCCCC)C1(C=CC(=O)C=C1)CCN(C(=O)C(F)(F)F)C2. The molecule has 0 fully saturated rings. The van der Waals surface area contributed by atoms with E-state index in [9.17, 15) is 22.8 Å². The second kappa shape index (κ2) is 10.4. The molecule has 0 radical (unpaired) electrons. The first-order chi connectivity index (χ1) is 15.7. The number of ketones is 1. The van der Waals surface area contributed by atoms with E-state index in [4.69, 9.17) is 9.47 Å². The molecule has 0 saturated heterocycles. The molecule has 0 aromatic heterocycles. The van der Waals surface area contributed by atoms with Gasteiger partial charge in [-0.25, -0.2) is 0 Å². The molecule has 1 aromatic carbocycles. The summed E-state index contributed by atoms with van der Waals surface area (Å²) in [6.07, 6.45) is 5.07. The number of nitrogens with zero attached hydrogens (tertiary/aromatic N) is 1. The van der Waals surface area contributed by atoms with Gasteiger partial charge in [-0.2, -0.15) is 13.2 Å². The van der Waals surface area contributed by atoms with Crippen LogP contribution in [0.1, 0.15) is 57.1 Å². The van der Waals surface area contributed by atoms with Crippen LogP contribution in [0, 0.1) is 0 Å². The zero-order valence-electron chi connectivity index (χ0n) is 19.0. The van der Waals surface area contributed by atoms with Crippen molar-refractivity contribution in [3.05, 3.63) is 47.6 Å². The lowest BCUT2D eigenvalue weighted by molar-refractivity contribution is -0.186. The van der Waals surface area contributed by atoms with Crippen LogP contribution in [0.4, 0.5) is 13.2 Å². The van der Waals surface area contributed by atoms with E-state index in [0.717, 1.165) is 30.6 Å². The quantitative estimate of drug-likeness (QED) is 0.491. The van der Waals surface area contributed by atoms with E-state index in [-0.39, 0.29) is 25.3 Å². The van der Waals surface area contributed by atoms with Crippen molar-refractivity contribution in [3.63, 3.8) is 0 Å². The maximum atomic E-state index is 13.2. The maximum Gasteiger partial charge on any atom is 0.471 e. The van der Waals surface area contributed by atoms with Gasteiger partial charge in [0.2, 0.25) is 0 Å². The number of rotatable bonds is 8. The van der Waals surface area contributed by atoms with Crippen molar-refractivity contribution in [2.45, 2.75) is 64.1 Å². The van der Waals surface area contributed by atoms with E-state index in [0.29, 0.717) is 35.8 Å². The minimum absolute atomic E-state index is 0.103. The zero-order valence-corrected chi connectivity index (χ0v) is 19.0. The molecule has 1 aliphatic carbocycles. The highest BCUT2D eigenvalue weighted by Crippen LogP contribution is 2.44. The summed E-state index contributed by atoms with van der Waals surface area (Å²) in [7, 11) is 0. The third-order valence-corrected chi connectivity index (χ3v) is 5.96. The highest BCUT2D eigenvalue weighted by Gasteiger charge is 2.45. The highest BCUT2D eigenvalue weighted by atomic mass is 19.4. The van der Waals surface area contributed by atoms with Gasteiger partial charge in [0, 0.05) is 18.5 Å². The number of carbonyl (C=O) groups excluding carboxylic acids is 2. The molecule has 2 aliphatic rings. The molecule has 33 heavy (non-hydrogen) atoms. The number of hydrogen-bond acceptors (Lipinski definition) is 4. The van der Waals surface area contributed by atoms with E-state index in [1.165, 1.54) is 12.2 Å². The molecule has 1 aliphatic heterocycles. The summed E-state index contributed by atoms with van der Waals surface area (Å²) in [6.45, 7) is 4.71. The van der Waals surface area contributed by atoms with Crippen molar-refractivity contribution in [2.24, 2.45) is 0 Å².